The van der Waals surface area contributed by atoms with Crippen molar-refractivity contribution in [2.75, 3.05) is 24.6 Å². The average Bonchev–Trinajstić information content (AvgIpc) is 2.30. The molecule has 0 aliphatic carbocycles. The van der Waals surface area contributed by atoms with Crippen LogP contribution < -0.4 is 10.6 Å². The van der Waals surface area contributed by atoms with Crippen molar-refractivity contribution in [2.24, 2.45) is 5.73 Å². The lowest BCUT2D eigenvalue weighted by atomic mass is 10.1. The van der Waals surface area contributed by atoms with E-state index in [1.54, 1.807) is 4.90 Å². The second kappa shape index (κ2) is 5.26. The summed E-state index contributed by atoms with van der Waals surface area (Å²) < 4.78 is 5.34. The quantitative estimate of drug-likeness (QED) is 0.887. The number of hydrogen-bond acceptors (Lipinski definition) is 3. The van der Waals surface area contributed by atoms with Crippen LogP contribution in [0.25, 0.3) is 0 Å². The molecule has 0 spiro atoms. The van der Waals surface area contributed by atoms with E-state index >= 15 is 0 Å². The van der Waals surface area contributed by atoms with Gasteiger partial charge < -0.3 is 15.4 Å². The first-order valence-electron chi connectivity index (χ1n) is 5.91. The molecule has 1 aliphatic heterocycles. The summed E-state index contributed by atoms with van der Waals surface area (Å²) in [6.45, 7) is 4.84. The third-order valence-corrected chi connectivity index (χ3v) is 3.35. The van der Waals surface area contributed by atoms with Gasteiger partial charge in [0.25, 0.3) is 5.91 Å². The van der Waals surface area contributed by atoms with Gasteiger partial charge in [0.2, 0.25) is 0 Å². The fourth-order valence-corrected chi connectivity index (χ4v) is 2.66. The predicted molar refractivity (Wildman–Crippen MR) is 72.1 cm³/mol. The highest BCUT2D eigenvalue weighted by Gasteiger charge is 2.28. The van der Waals surface area contributed by atoms with E-state index in [1.807, 2.05) is 26.0 Å². The number of nitrogens with zero attached hydrogens (tertiary/aromatic N) is 1. The minimum atomic E-state index is -0.125. The molecule has 1 heterocycles. The number of nitrogens with two attached hydrogens (primary N) is 1. The number of benzene rings is 1. The van der Waals surface area contributed by atoms with Crippen LogP contribution in [-0.2, 0) is 9.53 Å². The third kappa shape index (κ3) is 2.51. The van der Waals surface area contributed by atoms with Crippen LogP contribution in [0.1, 0.15) is 11.1 Å². The highest BCUT2D eigenvalue weighted by atomic mass is 35.5. The Kier molecular flexibility index (Phi) is 3.90. The van der Waals surface area contributed by atoms with Crippen LogP contribution in [0.2, 0.25) is 5.02 Å². The molecule has 0 aromatic heterocycles. The number of hydrogen-bond donors (Lipinski definition) is 1. The van der Waals surface area contributed by atoms with Gasteiger partial charge in [-0.15, -0.1) is 0 Å². The summed E-state index contributed by atoms with van der Waals surface area (Å²) in [6.07, 6.45) is -0.125. The summed E-state index contributed by atoms with van der Waals surface area (Å²) in [5.74, 6) is -0.0754. The summed E-state index contributed by atoms with van der Waals surface area (Å²) in [4.78, 5) is 13.6. The molecule has 1 aromatic carbocycles. The van der Waals surface area contributed by atoms with Gasteiger partial charge in [0.1, 0.15) is 6.61 Å². The largest absolute Gasteiger partial charge is 0.365 e. The molecule has 0 bridgehead atoms. The Morgan fingerprint density at radius 2 is 2.22 bits per heavy atom. The Morgan fingerprint density at radius 3 is 2.83 bits per heavy atom. The number of carbonyl (C=O) groups excluding carboxylic acids is 1. The Labute approximate surface area is 112 Å². The first-order valence-corrected chi connectivity index (χ1v) is 6.29. The molecule has 2 N–H and O–H groups in total. The average molecular weight is 269 g/mol. The van der Waals surface area contributed by atoms with Crippen LogP contribution >= 0.6 is 11.6 Å². The van der Waals surface area contributed by atoms with E-state index in [4.69, 9.17) is 22.1 Å². The van der Waals surface area contributed by atoms with Gasteiger partial charge in [0, 0.05) is 6.54 Å². The molecular formula is C13H17ClN2O2. The van der Waals surface area contributed by atoms with Crippen molar-refractivity contribution in [3.05, 3.63) is 28.3 Å². The van der Waals surface area contributed by atoms with Crippen LogP contribution in [0.4, 0.5) is 5.69 Å². The molecule has 1 aliphatic rings. The molecule has 0 saturated carbocycles. The number of ether oxygens (including phenoxy) is 1. The second-order valence-electron chi connectivity index (χ2n) is 4.59. The summed E-state index contributed by atoms with van der Waals surface area (Å²) >= 11 is 6.26. The monoisotopic (exact) mass is 268 g/mol. The van der Waals surface area contributed by atoms with E-state index in [9.17, 15) is 4.79 Å². The van der Waals surface area contributed by atoms with E-state index in [-0.39, 0.29) is 18.6 Å². The van der Waals surface area contributed by atoms with Gasteiger partial charge in [0.05, 0.1) is 23.4 Å². The highest BCUT2D eigenvalue weighted by Crippen LogP contribution is 2.32. The van der Waals surface area contributed by atoms with E-state index < -0.39 is 0 Å². The zero-order chi connectivity index (χ0) is 13.3. The van der Waals surface area contributed by atoms with Gasteiger partial charge in [-0.25, -0.2) is 0 Å². The summed E-state index contributed by atoms with van der Waals surface area (Å²) in [7, 11) is 0. The normalized spacial score (nSPS) is 20.3. The molecule has 1 fully saturated rings. The summed E-state index contributed by atoms with van der Waals surface area (Å²) in [6, 6.07) is 3.88. The minimum absolute atomic E-state index is 0.0610. The van der Waals surface area contributed by atoms with Crippen molar-refractivity contribution in [3.63, 3.8) is 0 Å². The third-order valence-electron chi connectivity index (χ3n) is 3.06. The molecular weight excluding hydrogens is 252 g/mol. The maximum atomic E-state index is 11.9. The van der Waals surface area contributed by atoms with E-state index in [2.05, 4.69) is 0 Å². The van der Waals surface area contributed by atoms with Gasteiger partial charge in [-0.1, -0.05) is 17.7 Å². The van der Waals surface area contributed by atoms with Gasteiger partial charge >= 0.3 is 0 Å². The van der Waals surface area contributed by atoms with Crippen LogP contribution in [-0.4, -0.2) is 31.7 Å². The Balaban J connectivity index is 2.37. The Hall–Kier alpha value is -1.10. The number of carbonyl (C=O) groups is 1. The molecule has 1 unspecified atom stereocenters. The van der Waals surface area contributed by atoms with E-state index in [0.29, 0.717) is 18.1 Å². The number of anilines is 1. The van der Waals surface area contributed by atoms with Gasteiger partial charge in [0.15, 0.2) is 0 Å². The topological polar surface area (TPSA) is 55.6 Å². The van der Waals surface area contributed by atoms with Crippen molar-refractivity contribution in [3.8, 4) is 0 Å². The standard InChI is InChI=1S/C13H17ClN2O2/c1-8-3-9(2)13(11(14)4-8)16-6-10(5-15)18-7-12(16)17/h3-4,10H,5-7,15H2,1-2H3. The lowest BCUT2D eigenvalue weighted by Crippen LogP contribution is -2.49. The summed E-state index contributed by atoms with van der Waals surface area (Å²) in [5.41, 5.74) is 8.44. The first kappa shape index (κ1) is 13.3. The number of morpholine rings is 1. The molecule has 0 radical (unpaired) electrons. The lowest BCUT2D eigenvalue weighted by Gasteiger charge is -2.33. The fraction of sp³-hybridized carbons (Fsp3) is 0.462. The van der Waals surface area contributed by atoms with E-state index in [1.165, 1.54) is 0 Å². The smallest absolute Gasteiger partial charge is 0.253 e. The maximum Gasteiger partial charge on any atom is 0.253 e. The summed E-state index contributed by atoms with van der Waals surface area (Å²) in [5, 5.41) is 0.596. The second-order valence-corrected chi connectivity index (χ2v) is 4.99. The van der Waals surface area contributed by atoms with Crippen molar-refractivity contribution in [1.29, 1.82) is 0 Å². The van der Waals surface area contributed by atoms with Crippen LogP contribution in [0.15, 0.2) is 12.1 Å². The zero-order valence-corrected chi connectivity index (χ0v) is 11.3. The van der Waals surface area contributed by atoms with Crippen molar-refractivity contribution >= 4 is 23.2 Å². The van der Waals surface area contributed by atoms with Crippen molar-refractivity contribution < 1.29 is 9.53 Å². The number of halogens is 1. The molecule has 5 heteroatoms. The SMILES string of the molecule is Cc1cc(C)c(N2CC(CN)OCC2=O)c(Cl)c1. The molecule has 1 aromatic rings. The van der Waals surface area contributed by atoms with E-state index in [0.717, 1.165) is 16.8 Å². The molecule has 1 amide bonds. The van der Waals surface area contributed by atoms with Crippen LogP contribution in [0.3, 0.4) is 0 Å². The molecule has 18 heavy (non-hydrogen) atoms. The molecule has 1 saturated heterocycles. The molecule has 4 nitrogen and oxygen atoms in total. The minimum Gasteiger partial charge on any atom is -0.365 e. The first-order chi connectivity index (χ1) is 8.52. The zero-order valence-electron chi connectivity index (χ0n) is 10.6. The van der Waals surface area contributed by atoms with Crippen molar-refractivity contribution in [2.45, 2.75) is 20.0 Å². The van der Waals surface area contributed by atoms with Crippen LogP contribution in [0, 0.1) is 13.8 Å². The lowest BCUT2D eigenvalue weighted by molar-refractivity contribution is -0.128. The Morgan fingerprint density at radius 1 is 1.50 bits per heavy atom. The number of amides is 1. The Bertz CT molecular complexity index is 453. The van der Waals surface area contributed by atoms with Gasteiger partial charge in [-0.2, -0.15) is 0 Å². The molecule has 1 atom stereocenters. The van der Waals surface area contributed by atoms with Crippen LogP contribution in [0.5, 0.6) is 0 Å². The molecule has 2 rings (SSSR count). The highest BCUT2D eigenvalue weighted by molar-refractivity contribution is 6.34. The van der Waals surface area contributed by atoms with Gasteiger partial charge in [-0.05, 0) is 31.0 Å². The maximum absolute atomic E-state index is 11.9. The number of aryl methyl sites for hydroxylation is 2. The molecule has 98 valence electrons. The van der Waals surface area contributed by atoms with Crippen molar-refractivity contribution in [1.82, 2.24) is 0 Å². The van der Waals surface area contributed by atoms with Gasteiger partial charge in [-0.3, -0.25) is 4.79 Å². The fourth-order valence-electron chi connectivity index (χ4n) is 2.23. The number of rotatable bonds is 2. The predicted octanol–water partition coefficient (Wildman–Crippen LogP) is 1.65.